The Bertz CT molecular complexity index is 562. The van der Waals surface area contributed by atoms with E-state index in [9.17, 15) is 4.79 Å². The van der Waals surface area contributed by atoms with E-state index in [1.807, 2.05) is 26.2 Å². The molecule has 0 amide bonds. The third-order valence-electron chi connectivity index (χ3n) is 2.87. The summed E-state index contributed by atoms with van der Waals surface area (Å²) in [7, 11) is 3.84. The molecule has 6 nitrogen and oxygen atoms in total. The molecule has 0 aliphatic heterocycles. The minimum absolute atomic E-state index is 0.305. The van der Waals surface area contributed by atoms with Gasteiger partial charge in [0.25, 0.3) is 0 Å². The van der Waals surface area contributed by atoms with E-state index in [0.29, 0.717) is 12.1 Å². The number of benzene rings is 1. The van der Waals surface area contributed by atoms with E-state index >= 15 is 0 Å². The van der Waals surface area contributed by atoms with Crippen molar-refractivity contribution in [2.75, 3.05) is 7.05 Å². The number of carbonyl (C=O) groups is 1. The lowest BCUT2D eigenvalue weighted by molar-refractivity contribution is 0.0697. The summed E-state index contributed by atoms with van der Waals surface area (Å²) in [5.74, 6) is -0.0105. The van der Waals surface area contributed by atoms with Crippen LogP contribution in [0.2, 0.25) is 0 Å². The van der Waals surface area contributed by atoms with Crippen molar-refractivity contribution in [1.82, 2.24) is 19.7 Å². The number of aromatic nitrogens is 3. The van der Waals surface area contributed by atoms with Gasteiger partial charge in [0.2, 0.25) is 0 Å². The molecule has 100 valence electrons. The zero-order chi connectivity index (χ0) is 13.8. The molecule has 1 aromatic carbocycles. The average molecular weight is 260 g/mol. The summed E-state index contributed by atoms with van der Waals surface area (Å²) in [4.78, 5) is 17.0. The molecular weight excluding hydrogens is 244 g/mol. The fourth-order valence-electron chi connectivity index (χ4n) is 1.83. The van der Waals surface area contributed by atoms with Crippen LogP contribution in [0.25, 0.3) is 0 Å². The maximum Gasteiger partial charge on any atom is 0.335 e. The lowest BCUT2D eigenvalue weighted by Gasteiger charge is -2.16. The molecule has 0 saturated carbocycles. The van der Waals surface area contributed by atoms with E-state index in [4.69, 9.17) is 5.11 Å². The first kappa shape index (κ1) is 13.2. The first-order valence-corrected chi connectivity index (χ1v) is 5.90. The van der Waals surface area contributed by atoms with Gasteiger partial charge in [0.1, 0.15) is 12.2 Å². The molecule has 0 aliphatic carbocycles. The van der Waals surface area contributed by atoms with Crippen LogP contribution in [0.3, 0.4) is 0 Å². The molecule has 0 atom stereocenters. The van der Waals surface area contributed by atoms with Crippen molar-refractivity contribution in [2.45, 2.75) is 13.1 Å². The van der Waals surface area contributed by atoms with Gasteiger partial charge in [-0.25, -0.2) is 9.78 Å². The zero-order valence-corrected chi connectivity index (χ0v) is 10.9. The molecule has 0 unspecified atom stereocenters. The Morgan fingerprint density at radius 1 is 1.32 bits per heavy atom. The molecule has 0 spiro atoms. The Kier molecular flexibility index (Phi) is 3.91. The van der Waals surface area contributed by atoms with Crippen LogP contribution < -0.4 is 0 Å². The first-order valence-electron chi connectivity index (χ1n) is 5.90. The second kappa shape index (κ2) is 5.62. The van der Waals surface area contributed by atoms with Crippen molar-refractivity contribution in [3.8, 4) is 0 Å². The van der Waals surface area contributed by atoms with Crippen LogP contribution in [0, 0.1) is 0 Å². The van der Waals surface area contributed by atoms with Gasteiger partial charge in [-0.1, -0.05) is 12.1 Å². The normalized spacial score (nSPS) is 10.9. The van der Waals surface area contributed by atoms with Crippen molar-refractivity contribution in [3.05, 3.63) is 47.5 Å². The molecule has 0 fully saturated rings. The average Bonchev–Trinajstić information content (AvgIpc) is 2.75. The van der Waals surface area contributed by atoms with Crippen LogP contribution in [0.4, 0.5) is 0 Å². The monoisotopic (exact) mass is 260 g/mol. The van der Waals surface area contributed by atoms with E-state index in [0.717, 1.165) is 17.9 Å². The minimum atomic E-state index is -0.904. The van der Waals surface area contributed by atoms with E-state index < -0.39 is 5.97 Å². The molecule has 1 N–H and O–H groups in total. The molecule has 0 aliphatic rings. The summed E-state index contributed by atoms with van der Waals surface area (Å²) in [5.41, 5.74) is 1.37. The zero-order valence-electron chi connectivity index (χ0n) is 10.9. The quantitative estimate of drug-likeness (QED) is 0.873. The highest BCUT2D eigenvalue weighted by Gasteiger charge is 2.07. The van der Waals surface area contributed by atoms with Crippen LogP contribution >= 0.6 is 0 Å². The molecule has 1 aromatic heterocycles. The van der Waals surface area contributed by atoms with Crippen molar-refractivity contribution in [3.63, 3.8) is 0 Å². The highest BCUT2D eigenvalue weighted by atomic mass is 16.4. The molecule has 0 radical (unpaired) electrons. The van der Waals surface area contributed by atoms with Crippen LogP contribution in [0.5, 0.6) is 0 Å². The van der Waals surface area contributed by atoms with Crippen molar-refractivity contribution >= 4 is 5.97 Å². The number of aromatic carboxylic acids is 1. The standard InChI is InChI=1S/C13H16N4O2/c1-16(8-12-14-9-15-17(12)2)7-10-3-5-11(6-4-10)13(18)19/h3-6,9H,7-8H2,1-2H3,(H,18,19). The Morgan fingerprint density at radius 3 is 2.53 bits per heavy atom. The van der Waals surface area contributed by atoms with E-state index in [1.165, 1.54) is 6.33 Å². The highest BCUT2D eigenvalue weighted by Crippen LogP contribution is 2.08. The van der Waals surface area contributed by atoms with Gasteiger partial charge in [0.05, 0.1) is 12.1 Å². The second-order valence-corrected chi connectivity index (χ2v) is 4.47. The van der Waals surface area contributed by atoms with Gasteiger partial charge in [0, 0.05) is 13.6 Å². The molecule has 0 bridgehead atoms. The number of rotatable bonds is 5. The summed E-state index contributed by atoms with van der Waals surface area (Å²) >= 11 is 0. The van der Waals surface area contributed by atoms with Crippen LogP contribution in [-0.2, 0) is 20.1 Å². The summed E-state index contributed by atoms with van der Waals surface area (Å²) in [6, 6.07) is 6.90. The maximum absolute atomic E-state index is 10.8. The summed E-state index contributed by atoms with van der Waals surface area (Å²) < 4.78 is 1.74. The molecular formula is C13H16N4O2. The number of carboxylic acids is 1. The number of carboxylic acid groups (broad SMARTS) is 1. The van der Waals surface area contributed by atoms with Gasteiger partial charge in [-0.2, -0.15) is 5.10 Å². The number of aryl methyl sites for hydroxylation is 1. The van der Waals surface area contributed by atoms with Gasteiger partial charge >= 0.3 is 5.97 Å². The smallest absolute Gasteiger partial charge is 0.335 e. The predicted octanol–water partition coefficient (Wildman–Crippen LogP) is 1.15. The third kappa shape index (κ3) is 3.38. The first-order chi connectivity index (χ1) is 9.06. The lowest BCUT2D eigenvalue weighted by Crippen LogP contribution is -2.19. The van der Waals surface area contributed by atoms with Gasteiger partial charge in [0.15, 0.2) is 0 Å². The number of hydrogen-bond donors (Lipinski definition) is 1. The Balaban J connectivity index is 1.97. The van der Waals surface area contributed by atoms with Crippen molar-refractivity contribution < 1.29 is 9.90 Å². The molecule has 19 heavy (non-hydrogen) atoms. The topological polar surface area (TPSA) is 71.2 Å². The van der Waals surface area contributed by atoms with Crippen molar-refractivity contribution in [2.24, 2.45) is 7.05 Å². The summed E-state index contributed by atoms with van der Waals surface area (Å²) in [6.07, 6.45) is 1.53. The number of hydrogen-bond acceptors (Lipinski definition) is 4. The Labute approximate surface area is 111 Å². The van der Waals surface area contributed by atoms with Gasteiger partial charge < -0.3 is 5.11 Å². The van der Waals surface area contributed by atoms with Gasteiger partial charge in [-0.3, -0.25) is 9.58 Å². The fourth-order valence-corrected chi connectivity index (χ4v) is 1.83. The Morgan fingerprint density at radius 2 is 2.00 bits per heavy atom. The summed E-state index contributed by atoms with van der Waals surface area (Å²) in [6.45, 7) is 1.42. The molecule has 2 rings (SSSR count). The maximum atomic E-state index is 10.8. The van der Waals surface area contributed by atoms with Crippen LogP contribution in [-0.4, -0.2) is 37.8 Å². The van der Waals surface area contributed by atoms with E-state index in [-0.39, 0.29) is 0 Å². The Hall–Kier alpha value is -2.21. The van der Waals surface area contributed by atoms with Crippen molar-refractivity contribution in [1.29, 1.82) is 0 Å². The van der Waals surface area contributed by atoms with Crippen LogP contribution in [0.15, 0.2) is 30.6 Å². The minimum Gasteiger partial charge on any atom is -0.478 e. The number of nitrogens with zero attached hydrogens (tertiary/aromatic N) is 4. The SMILES string of the molecule is CN(Cc1ccc(C(=O)O)cc1)Cc1ncnn1C. The fraction of sp³-hybridized carbons (Fsp3) is 0.308. The molecule has 6 heteroatoms. The van der Waals surface area contributed by atoms with E-state index in [1.54, 1.807) is 16.8 Å². The predicted molar refractivity (Wildman–Crippen MR) is 69.6 cm³/mol. The largest absolute Gasteiger partial charge is 0.478 e. The second-order valence-electron chi connectivity index (χ2n) is 4.47. The summed E-state index contributed by atoms with van der Waals surface area (Å²) in [5, 5.41) is 12.9. The third-order valence-corrected chi connectivity index (χ3v) is 2.87. The molecule has 1 heterocycles. The lowest BCUT2D eigenvalue weighted by atomic mass is 10.1. The highest BCUT2D eigenvalue weighted by molar-refractivity contribution is 5.87. The van der Waals surface area contributed by atoms with Crippen LogP contribution in [0.1, 0.15) is 21.7 Å². The molecule has 2 aromatic rings. The van der Waals surface area contributed by atoms with Gasteiger partial charge in [-0.15, -0.1) is 0 Å². The molecule has 0 saturated heterocycles. The van der Waals surface area contributed by atoms with Gasteiger partial charge in [-0.05, 0) is 24.7 Å². The van der Waals surface area contributed by atoms with E-state index in [2.05, 4.69) is 15.0 Å².